The van der Waals surface area contributed by atoms with Crippen LogP contribution in [-0.2, 0) is 6.42 Å². The molecule has 2 rings (SSSR count). The minimum atomic E-state index is 0.647. The van der Waals surface area contributed by atoms with Crippen LogP contribution in [0.15, 0.2) is 52.3 Å². The lowest BCUT2D eigenvalue weighted by Gasteiger charge is -2.08. The molecule has 2 aromatic rings. The Morgan fingerprint density at radius 1 is 1.00 bits per heavy atom. The quantitative estimate of drug-likeness (QED) is 0.889. The van der Waals surface area contributed by atoms with E-state index in [9.17, 15) is 0 Å². The average Bonchev–Trinajstić information content (AvgIpc) is 2.30. The maximum atomic E-state index is 6.00. The van der Waals surface area contributed by atoms with Gasteiger partial charge in [0, 0.05) is 19.8 Å². The first-order chi connectivity index (χ1) is 8.69. The zero-order valence-corrected chi connectivity index (χ0v) is 12.0. The van der Waals surface area contributed by atoms with Crippen LogP contribution in [0.5, 0.6) is 0 Å². The van der Waals surface area contributed by atoms with Crippen molar-refractivity contribution in [3.05, 3.63) is 58.1 Å². The largest absolute Gasteiger partial charge is 0.330 e. The van der Waals surface area contributed by atoms with E-state index in [1.54, 1.807) is 17.8 Å². The van der Waals surface area contributed by atoms with Crippen molar-refractivity contribution in [2.45, 2.75) is 16.2 Å². The molecule has 0 aliphatic carbocycles. The van der Waals surface area contributed by atoms with Crippen molar-refractivity contribution in [3.63, 3.8) is 0 Å². The van der Waals surface area contributed by atoms with E-state index in [0.29, 0.717) is 16.6 Å². The fourth-order valence-electron chi connectivity index (χ4n) is 1.68. The summed E-state index contributed by atoms with van der Waals surface area (Å²) >= 11 is 13.7. The van der Waals surface area contributed by atoms with Crippen molar-refractivity contribution >= 4 is 35.0 Å². The number of hydrogen-bond acceptors (Lipinski definition) is 2. The van der Waals surface area contributed by atoms with Gasteiger partial charge in [0.05, 0.1) is 0 Å². The van der Waals surface area contributed by atoms with Crippen LogP contribution in [0, 0.1) is 0 Å². The molecule has 2 N–H and O–H groups in total. The Bertz CT molecular complexity index is 523. The van der Waals surface area contributed by atoms with Crippen LogP contribution in [0.25, 0.3) is 0 Å². The van der Waals surface area contributed by atoms with E-state index < -0.39 is 0 Å². The summed E-state index contributed by atoms with van der Waals surface area (Å²) < 4.78 is 0. The highest BCUT2D eigenvalue weighted by molar-refractivity contribution is 7.99. The third kappa shape index (κ3) is 3.66. The number of halogens is 2. The second-order valence-electron chi connectivity index (χ2n) is 3.85. The minimum absolute atomic E-state index is 0.647. The first-order valence-electron chi connectivity index (χ1n) is 5.61. The first kappa shape index (κ1) is 13.8. The van der Waals surface area contributed by atoms with Crippen LogP contribution in [0.4, 0.5) is 0 Å². The smallest absolute Gasteiger partial charge is 0.0432 e. The van der Waals surface area contributed by atoms with Crippen LogP contribution >= 0.6 is 35.0 Å². The molecule has 0 atom stereocenters. The number of rotatable bonds is 4. The van der Waals surface area contributed by atoms with Gasteiger partial charge in [0.2, 0.25) is 0 Å². The van der Waals surface area contributed by atoms with Gasteiger partial charge in [-0.3, -0.25) is 0 Å². The van der Waals surface area contributed by atoms with E-state index in [-0.39, 0.29) is 0 Å². The lowest BCUT2D eigenvalue weighted by atomic mass is 10.1. The molecule has 0 bridgehead atoms. The van der Waals surface area contributed by atoms with Crippen molar-refractivity contribution in [3.8, 4) is 0 Å². The van der Waals surface area contributed by atoms with E-state index in [2.05, 4.69) is 12.1 Å². The molecule has 18 heavy (non-hydrogen) atoms. The van der Waals surface area contributed by atoms with Crippen LogP contribution < -0.4 is 5.73 Å². The Balaban J connectivity index is 2.27. The summed E-state index contributed by atoms with van der Waals surface area (Å²) in [6.45, 7) is 0.647. The van der Waals surface area contributed by atoms with Crippen molar-refractivity contribution in [2.24, 2.45) is 5.73 Å². The summed E-state index contributed by atoms with van der Waals surface area (Å²) in [7, 11) is 0. The molecule has 4 heteroatoms. The summed E-state index contributed by atoms with van der Waals surface area (Å²) in [5.41, 5.74) is 6.87. The standard InChI is InChI=1S/C14H13Cl2NS/c15-11-7-12(16)9-13(8-11)18-14-4-2-1-3-10(14)5-6-17/h1-4,7-9H,5-6,17H2. The summed E-state index contributed by atoms with van der Waals surface area (Å²) in [4.78, 5) is 2.23. The van der Waals surface area contributed by atoms with Gasteiger partial charge in [0.25, 0.3) is 0 Å². The highest BCUT2D eigenvalue weighted by Gasteiger charge is 2.05. The molecule has 0 unspecified atom stereocenters. The zero-order chi connectivity index (χ0) is 13.0. The Kier molecular flexibility index (Phi) is 4.95. The Hall–Kier alpha value is -0.670. The Labute approximate surface area is 121 Å². The van der Waals surface area contributed by atoms with Crippen molar-refractivity contribution in [2.75, 3.05) is 6.54 Å². The molecule has 0 radical (unpaired) electrons. The highest BCUT2D eigenvalue weighted by atomic mass is 35.5. The molecule has 0 saturated heterocycles. The van der Waals surface area contributed by atoms with Gasteiger partial charge in [-0.1, -0.05) is 53.2 Å². The Morgan fingerprint density at radius 3 is 2.33 bits per heavy atom. The summed E-state index contributed by atoms with van der Waals surface area (Å²) in [6, 6.07) is 13.8. The predicted octanol–water partition coefficient (Wildman–Crippen LogP) is 4.65. The number of benzene rings is 2. The third-order valence-corrected chi connectivity index (χ3v) is 3.98. The Morgan fingerprint density at radius 2 is 1.67 bits per heavy atom. The molecule has 0 aromatic heterocycles. The summed E-state index contributed by atoms with van der Waals surface area (Å²) in [6.07, 6.45) is 0.872. The highest BCUT2D eigenvalue weighted by Crippen LogP contribution is 2.33. The number of nitrogens with two attached hydrogens (primary N) is 1. The van der Waals surface area contributed by atoms with Crippen LogP contribution in [-0.4, -0.2) is 6.54 Å². The molecule has 0 heterocycles. The van der Waals surface area contributed by atoms with Gasteiger partial charge < -0.3 is 5.73 Å². The monoisotopic (exact) mass is 297 g/mol. The lowest BCUT2D eigenvalue weighted by molar-refractivity contribution is 0.944. The van der Waals surface area contributed by atoms with E-state index >= 15 is 0 Å². The van der Waals surface area contributed by atoms with Gasteiger partial charge in [-0.2, -0.15) is 0 Å². The molecule has 2 aromatic carbocycles. The maximum absolute atomic E-state index is 6.00. The van der Waals surface area contributed by atoms with Gasteiger partial charge in [-0.25, -0.2) is 0 Å². The number of hydrogen-bond donors (Lipinski definition) is 1. The maximum Gasteiger partial charge on any atom is 0.0432 e. The van der Waals surface area contributed by atoms with E-state index in [4.69, 9.17) is 28.9 Å². The lowest BCUT2D eigenvalue weighted by Crippen LogP contribution is -2.03. The first-order valence-corrected chi connectivity index (χ1v) is 7.18. The van der Waals surface area contributed by atoms with E-state index in [1.807, 2.05) is 24.3 Å². The molecular weight excluding hydrogens is 285 g/mol. The third-order valence-electron chi connectivity index (χ3n) is 2.45. The normalized spacial score (nSPS) is 10.6. The van der Waals surface area contributed by atoms with E-state index in [1.165, 1.54) is 10.5 Å². The van der Waals surface area contributed by atoms with E-state index in [0.717, 1.165) is 11.3 Å². The summed E-state index contributed by atoms with van der Waals surface area (Å²) in [5.74, 6) is 0. The minimum Gasteiger partial charge on any atom is -0.330 e. The van der Waals surface area contributed by atoms with Crippen LogP contribution in [0.3, 0.4) is 0 Å². The van der Waals surface area contributed by atoms with Crippen molar-refractivity contribution in [1.82, 2.24) is 0 Å². The van der Waals surface area contributed by atoms with Crippen molar-refractivity contribution < 1.29 is 0 Å². The topological polar surface area (TPSA) is 26.0 Å². The van der Waals surface area contributed by atoms with Crippen LogP contribution in [0.1, 0.15) is 5.56 Å². The second kappa shape index (κ2) is 6.48. The zero-order valence-electron chi connectivity index (χ0n) is 9.70. The molecular formula is C14H13Cl2NS. The molecule has 0 aliphatic heterocycles. The van der Waals surface area contributed by atoms with Gasteiger partial charge >= 0.3 is 0 Å². The van der Waals surface area contributed by atoms with Gasteiger partial charge in [0.15, 0.2) is 0 Å². The van der Waals surface area contributed by atoms with Crippen LogP contribution in [0.2, 0.25) is 10.0 Å². The SMILES string of the molecule is NCCc1ccccc1Sc1cc(Cl)cc(Cl)c1. The van der Waals surface area contributed by atoms with Crippen molar-refractivity contribution in [1.29, 1.82) is 0 Å². The predicted molar refractivity (Wildman–Crippen MR) is 79.8 cm³/mol. The molecule has 0 spiro atoms. The van der Waals surface area contributed by atoms with Gasteiger partial charge in [-0.05, 0) is 42.8 Å². The molecule has 94 valence electrons. The van der Waals surface area contributed by atoms with Gasteiger partial charge in [-0.15, -0.1) is 0 Å². The molecule has 0 fully saturated rings. The van der Waals surface area contributed by atoms with Gasteiger partial charge in [0.1, 0.15) is 0 Å². The molecule has 1 nitrogen and oxygen atoms in total. The molecule has 0 saturated carbocycles. The molecule has 0 amide bonds. The molecule has 0 aliphatic rings. The second-order valence-corrected chi connectivity index (χ2v) is 5.84. The average molecular weight is 298 g/mol. The fourth-order valence-corrected chi connectivity index (χ4v) is 3.41. The summed E-state index contributed by atoms with van der Waals surface area (Å²) in [5, 5.41) is 1.31. The fraction of sp³-hybridized carbons (Fsp3) is 0.143.